The van der Waals surface area contributed by atoms with Gasteiger partial charge >= 0.3 is 6.09 Å². The van der Waals surface area contributed by atoms with Crippen LogP contribution in [0.15, 0.2) is 4.99 Å². The predicted molar refractivity (Wildman–Crippen MR) is 101 cm³/mol. The third-order valence-electron chi connectivity index (χ3n) is 3.74. The molecule has 2 rings (SSSR count). The van der Waals surface area contributed by atoms with E-state index < -0.39 is 5.60 Å². The van der Waals surface area contributed by atoms with Crippen molar-refractivity contribution in [2.75, 3.05) is 26.7 Å². The fourth-order valence-corrected chi connectivity index (χ4v) is 3.47. The van der Waals surface area contributed by atoms with E-state index in [1.165, 1.54) is 4.88 Å². The predicted octanol–water partition coefficient (Wildman–Crippen LogP) is 2.09. The number of carbonyl (C=O) groups is 1. The molecule has 1 aromatic rings. The number of amides is 1. The Morgan fingerprint density at radius 3 is 2.60 bits per heavy atom. The van der Waals surface area contributed by atoms with Crippen LogP contribution in [0.3, 0.4) is 0 Å². The van der Waals surface area contributed by atoms with Crippen molar-refractivity contribution in [3.8, 4) is 0 Å². The summed E-state index contributed by atoms with van der Waals surface area (Å²) in [5, 5.41) is 7.76. The van der Waals surface area contributed by atoms with E-state index in [1.54, 1.807) is 23.3 Å². The molecule has 0 saturated carbocycles. The Morgan fingerprint density at radius 1 is 1.40 bits per heavy atom. The SMILES string of the molecule is CN=C(NCCc1sc(C)nc1C)NC1CN(C(=O)OC(C)(C)C)C1. The van der Waals surface area contributed by atoms with Crippen molar-refractivity contribution in [3.05, 3.63) is 15.6 Å². The second-order valence-electron chi connectivity index (χ2n) is 7.22. The van der Waals surface area contributed by atoms with Crippen LogP contribution in [-0.4, -0.2) is 60.3 Å². The summed E-state index contributed by atoms with van der Waals surface area (Å²) in [6, 6.07) is 0.200. The minimum absolute atomic E-state index is 0.200. The van der Waals surface area contributed by atoms with E-state index in [1.807, 2.05) is 34.6 Å². The van der Waals surface area contributed by atoms with Crippen LogP contribution in [0.1, 0.15) is 36.3 Å². The number of likely N-dealkylation sites (tertiary alicyclic amines) is 1. The van der Waals surface area contributed by atoms with Crippen molar-refractivity contribution in [1.82, 2.24) is 20.5 Å². The zero-order chi connectivity index (χ0) is 18.6. The van der Waals surface area contributed by atoms with E-state index in [0.717, 1.165) is 29.6 Å². The molecule has 1 fully saturated rings. The number of aliphatic imine (C=N–C) groups is 1. The minimum atomic E-state index is -0.458. The number of nitrogens with one attached hydrogen (secondary N) is 2. The monoisotopic (exact) mass is 367 g/mol. The van der Waals surface area contributed by atoms with Crippen LogP contribution >= 0.6 is 11.3 Å². The first-order valence-corrected chi connectivity index (χ1v) is 9.37. The summed E-state index contributed by atoms with van der Waals surface area (Å²) in [6.07, 6.45) is 0.664. The first-order chi connectivity index (χ1) is 11.7. The highest BCUT2D eigenvalue weighted by Gasteiger charge is 2.34. The van der Waals surface area contributed by atoms with Crippen molar-refractivity contribution >= 4 is 23.4 Å². The standard InChI is InChI=1S/C17H29N5O2S/c1-11-14(25-12(2)20-11)7-8-19-15(18-6)21-13-9-22(10-13)16(23)24-17(3,4)5/h13H,7-10H2,1-6H3,(H2,18,19,21). The molecule has 2 heterocycles. The van der Waals surface area contributed by atoms with E-state index in [9.17, 15) is 4.79 Å². The van der Waals surface area contributed by atoms with Crippen LogP contribution in [0, 0.1) is 13.8 Å². The van der Waals surface area contributed by atoms with Crippen LogP contribution < -0.4 is 10.6 Å². The van der Waals surface area contributed by atoms with Crippen LogP contribution in [0.5, 0.6) is 0 Å². The van der Waals surface area contributed by atoms with Gasteiger partial charge in [0.2, 0.25) is 0 Å². The van der Waals surface area contributed by atoms with Gasteiger partial charge in [0.25, 0.3) is 0 Å². The summed E-state index contributed by atoms with van der Waals surface area (Å²) in [5.74, 6) is 0.757. The lowest BCUT2D eigenvalue weighted by Crippen LogP contribution is -2.63. The summed E-state index contributed by atoms with van der Waals surface area (Å²) in [5.41, 5.74) is 0.652. The van der Waals surface area contributed by atoms with Crippen LogP contribution in [0.2, 0.25) is 0 Å². The van der Waals surface area contributed by atoms with E-state index >= 15 is 0 Å². The largest absolute Gasteiger partial charge is 0.444 e. The molecule has 0 aliphatic carbocycles. The maximum absolute atomic E-state index is 11.9. The van der Waals surface area contributed by atoms with Crippen molar-refractivity contribution in [2.24, 2.45) is 4.99 Å². The van der Waals surface area contributed by atoms with Gasteiger partial charge in [-0.05, 0) is 34.6 Å². The molecule has 140 valence electrons. The van der Waals surface area contributed by atoms with Gasteiger partial charge in [0.05, 0.1) is 16.7 Å². The van der Waals surface area contributed by atoms with Gasteiger partial charge in [0, 0.05) is 38.0 Å². The van der Waals surface area contributed by atoms with Gasteiger partial charge in [-0.2, -0.15) is 0 Å². The molecule has 0 aromatic carbocycles. The summed E-state index contributed by atoms with van der Waals surface area (Å²) in [4.78, 5) is 23.6. The van der Waals surface area contributed by atoms with Gasteiger partial charge in [-0.3, -0.25) is 4.99 Å². The quantitative estimate of drug-likeness (QED) is 0.629. The maximum atomic E-state index is 11.9. The number of aryl methyl sites for hydroxylation is 2. The van der Waals surface area contributed by atoms with Gasteiger partial charge in [-0.15, -0.1) is 11.3 Å². The number of thiazole rings is 1. The fourth-order valence-electron chi connectivity index (χ4n) is 2.53. The summed E-state index contributed by atoms with van der Waals surface area (Å²) < 4.78 is 5.36. The zero-order valence-electron chi connectivity index (χ0n) is 16.0. The number of carbonyl (C=O) groups excluding carboxylic acids is 1. The number of ether oxygens (including phenoxy) is 1. The lowest BCUT2D eigenvalue weighted by Gasteiger charge is -2.40. The van der Waals surface area contributed by atoms with Crippen molar-refractivity contribution < 1.29 is 9.53 Å². The Hall–Kier alpha value is -1.83. The number of nitrogens with zero attached hydrogens (tertiary/aromatic N) is 3. The maximum Gasteiger partial charge on any atom is 0.410 e. The third kappa shape index (κ3) is 5.88. The highest BCUT2D eigenvalue weighted by molar-refractivity contribution is 7.11. The van der Waals surface area contributed by atoms with Crippen molar-refractivity contribution in [1.29, 1.82) is 0 Å². The molecular formula is C17H29N5O2S. The molecule has 0 unspecified atom stereocenters. The Kier molecular flexibility index (Phi) is 6.26. The second-order valence-corrected chi connectivity index (χ2v) is 8.50. The number of rotatable bonds is 4. The molecule has 0 spiro atoms. The van der Waals surface area contributed by atoms with Crippen LogP contribution in [0.25, 0.3) is 0 Å². The lowest BCUT2D eigenvalue weighted by molar-refractivity contribution is 0.00701. The van der Waals surface area contributed by atoms with Crippen molar-refractivity contribution in [3.63, 3.8) is 0 Å². The van der Waals surface area contributed by atoms with Gasteiger partial charge in [-0.25, -0.2) is 9.78 Å². The molecule has 0 bridgehead atoms. The molecule has 0 radical (unpaired) electrons. The third-order valence-corrected chi connectivity index (χ3v) is 4.87. The lowest BCUT2D eigenvalue weighted by atomic mass is 10.1. The molecule has 8 heteroatoms. The number of hydrogen-bond donors (Lipinski definition) is 2. The summed E-state index contributed by atoms with van der Waals surface area (Å²) in [7, 11) is 1.75. The van der Waals surface area contributed by atoms with Gasteiger partial charge in [0.1, 0.15) is 5.60 Å². The molecule has 1 aliphatic rings. The van der Waals surface area contributed by atoms with E-state index in [0.29, 0.717) is 13.1 Å². The zero-order valence-corrected chi connectivity index (χ0v) is 16.8. The van der Waals surface area contributed by atoms with E-state index in [-0.39, 0.29) is 12.1 Å². The Balaban J connectivity index is 1.70. The van der Waals surface area contributed by atoms with Crippen LogP contribution in [-0.2, 0) is 11.2 Å². The number of hydrogen-bond acceptors (Lipinski definition) is 5. The van der Waals surface area contributed by atoms with Crippen LogP contribution in [0.4, 0.5) is 4.79 Å². The second kappa shape index (κ2) is 8.03. The highest BCUT2D eigenvalue weighted by atomic mass is 32.1. The molecule has 2 N–H and O–H groups in total. The molecule has 1 saturated heterocycles. The molecular weight excluding hydrogens is 338 g/mol. The first-order valence-electron chi connectivity index (χ1n) is 8.56. The topological polar surface area (TPSA) is 78.9 Å². The molecule has 1 aromatic heterocycles. The molecule has 25 heavy (non-hydrogen) atoms. The normalized spacial score (nSPS) is 15.8. The Morgan fingerprint density at radius 2 is 2.08 bits per heavy atom. The molecule has 0 atom stereocenters. The fraction of sp³-hybridized carbons (Fsp3) is 0.706. The van der Waals surface area contributed by atoms with E-state index in [2.05, 4.69) is 20.6 Å². The highest BCUT2D eigenvalue weighted by Crippen LogP contribution is 2.17. The summed E-state index contributed by atoms with van der Waals surface area (Å²) >= 11 is 1.74. The number of guanidine groups is 1. The Bertz CT molecular complexity index is 629. The minimum Gasteiger partial charge on any atom is -0.444 e. The van der Waals surface area contributed by atoms with Gasteiger partial charge in [0.15, 0.2) is 5.96 Å². The average molecular weight is 368 g/mol. The van der Waals surface area contributed by atoms with Gasteiger partial charge in [-0.1, -0.05) is 0 Å². The number of aromatic nitrogens is 1. The summed E-state index contributed by atoms with van der Waals surface area (Å²) in [6.45, 7) is 11.7. The molecule has 1 amide bonds. The smallest absolute Gasteiger partial charge is 0.410 e. The Labute approximate surface area is 153 Å². The molecule has 1 aliphatic heterocycles. The first kappa shape index (κ1) is 19.5. The van der Waals surface area contributed by atoms with E-state index in [4.69, 9.17) is 4.74 Å². The van der Waals surface area contributed by atoms with Crippen molar-refractivity contribution in [2.45, 2.75) is 52.7 Å². The van der Waals surface area contributed by atoms with Gasteiger partial charge < -0.3 is 20.3 Å². The average Bonchev–Trinajstić information content (AvgIpc) is 2.76. The molecule has 7 nitrogen and oxygen atoms in total.